The van der Waals surface area contributed by atoms with Crippen LogP contribution >= 0.6 is 23.2 Å². The molecule has 2 N–H and O–H groups in total. The molecule has 5 heteroatoms. The molecule has 1 aromatic rings. The molecule has 0 heterocycles. The van der Waals surface area contributed by atoms with Crippen LogP contribution in [-0.4, -0.2) is 22.1 Å². The smallest absolute Gasteiger partial charge is 0.135 e. The van der Waals surface area contributed by atoms with Gasteiger partial charge in [0.25, 0.3) is 0 Å². The van der Waals surface area contributed by atoms with E-state index in [0.29, 0.717) is 15.6 Å². The van der Waals surface area contributed by atoms with Crippen molar-refractivity contribution in [2.45, 2.75) is 33.0 Å². The second kappa shape index (κ2) is 6.71. The highest BCUT2D eigenvalue weighted by atomic mass is 35.5. The van der Waals surface area contributed by atoms with E-state index in [4.69, 9.17) is 23.2 Å². The molecule has 0 saturated heterocycles. The number of rotatable bonds is 5. The highest BCUT2D eigenvalue weighted by molar-refractivity contribution is 6.36. The number of benzene rings is 1. The van der Waals surface area contributed by atoms with Gasteiger partial charge in [-0.15, -0.1) is 0 Å². The average molecular weight is 305 g/mol. The van der Waals surface area contributed by atoms with Crippen LogP contribution in [0, 0.1) is 11.8 Å². The summed E-state index contributed by atoms with van der Waals surface area (Å²) >= 11 is 12.0. The third-order valence-corrected chi connectivity index (χ3v) is 4.14. The first kappa shape index (κ1) is 16.4. The fraction of sp³-hybridized carbons (Fsp3) is 0.500. The minimum absolute atomic E-state index is 0.128. The molecule has 19 heavy (non-hydrogen) atoms. The van der Waals surface area contributed by atoms with Gasteiger partial charge in [0.2, 0.25) is 0 Å². The summed E-state index contributed by atoms with van der Waals surface area (Å²) < 4.78 is 0. The predicted octanol–water partition coefficient (Wildman–Crippen LogP) is 3.25. The Morgan fingerprint density at radius 3 is 2.05 bits per heavy atom. The summed E-state index contributed by atoms with van der Waals surface area (Å²) in [6, 6.07) is 4.93. The molecule has 3 nitrogen and oxygen atoms in total. The van der Waals surface area contributed by atoms with Crippen LogP contribution in [0.15, 0.2) is 18.2 Å². The minimum Gasteiger partial charge on any atom is -0.392 e. The highest BCUT2D eigenvalue weighted by Crippen LogP contribution is 2.36. The largest absolute Gasteiger partial charge is 0.392 e. The van der Waals surface area contributed by atoms with E-state index in [2.05, 4.69) is 0 Å². The summed E-state index contributed by atoms with van der Waals surface area (Å²) in [4.78, 5) is 11.3. The van der Waals surface area contributed by atoms with Gasteiger partial charge in [-0.25, -0.2) is 0 Å². The number of carbonyl (C=O) groups is 1. The van der Waals surface area contributed by atoms with Crippen molar-refractivity contribution in [3.8, 4) is 0 Å². The normalized spacial score (nSPS) is 17.6. The lowest BCUT2D eigenvalue weighted by Gasteiger charge is -2.28. The van der Waals surface area contributed by atoms with Crippen molar-refractivity contribution in [3.05, 3.63) is 33.8 Å². The highest BCUT2D eigenvalue weighted by Gasteiger charge is 2.31. The molecule has 1 aromatic carbocycles. The van der Waals surface area contributed by atoms with Crippen LogP contribution in [0.5, 0.6) is 0 Å². The number of aliphatic hydroxyl groups is 2. The molecule has 0 aliphatic heterocycles. The number of hydrogen-bond acceptors (Lipinski definition) is 3. The molecular formula is C14H18Cl2O3. The van der Waals surface area contributed by atoms with Gasteiger partial charge in [0.05, 0.1) is 12.2 Å². The number of carbonyl (C=O) groups excluding carboxylic acids is 1. The predicted molar refractivity (Wildman–Crippen MR) is 76.4 cm³/mol. The molecule has 0 amide bonds. The van der Waals surface area contributed by atoms with E-state index < -0.39 is 24.0 Å². The lowest BCUT2D eigenvalue weighted by molar-refractivity contribution is -0.125. The SMILES string of the molecule is CC(=O)[C@H](C)[C@H](O)[C@@H](C)[C@H](O)c1c(Cl)cccc1Cl. The standard InChI is InChI=1S/C14H18Cl2O3/c1-7(9(3)17)13(18)8(2)14(19)12-10(15)5-4-6-11(12)16/h4-8,13-14,18-19H,1-3H3/t7-,8+,13-,14-/m0/s1. The quantitative estimate of drug-likeness (QED) is 0.878. The molecule has 0 spiro atoms. The van der Waals surface area contributed by atoms with Gasteiger partial charge in [-0.1, -0.05) is 43.1 Å². The Morgan fingerprint density at radius 1 is 1.16 bits per heavy atom. The maximum atomic E-state index is 11.3. The van der Waals surface area contributed by atoms with Crippen molar-refractivity contribution in [3.63, 3.8) is 0 Å². The van der Waals surface area contributed by atoms with E-state index in [1.807, 2.05) is 0 Å². The van der Waals surface area contributed by atoms with Gasteiger partial charge >= 0.3 is 0 Å². The van der Waals surface area contributed by atoms with Crippen molar-refractivity contribution < 1.29 is 15.0 Å². The van der Waals surface area contributed by atoms with Crippen LogP contribution in [0.25, 0.3) is 0 Å². The van der Waals surface area contributed by atoms with Gasteiger partial charge in [0.1, 0.15) is 5.78 Å². The monoisotopic (exact) mass is 304 g/mol. The number of halogens is 2. The Bertz CT molecular complexity index is 442. The van der Waals surface area contributed by atoms with Crippen molar-refractivity contribution in [2.24, 2.45) is 11.8 Å². The Morgan fingerprint density at radius 2 is 1.63 bits per heavy atom. The fourth-order valence-corrected chi connectivity index (χ4v) is 2.56. The zero-order valence-corrected chi connectivity index (χ0v) is 12.6. The second-order valence-corrected chi connectivity index (χ2v) is 5.64. The van der Waals surface area contributed by atoms with E-state index in [9.17, 15) is 15.0 Å². The summed E-state index contributed by atoms with van der Waals surface area (Å²) in [5.74, 6) is -1.24. The van der Waals surface area contributed by atoms with E-state index in [0.717, 1.165) is 0 Å². The lowest BCUT2D eigenvalue weighted by atomic mass is 9.85. The lowest BCUT2D eigenvalue weighted by Crippen LogP contribution is -2.33. The van der Waals surface area contributed by atoms with Crippen LogP contribution in [0.1, 0.15) is 32.4 Å². The summed E-state index contributed by atoms with van der Waals surface area (Å²) in [6.07, 6.45) is -1.99. The van der Waals surface area contributed by atoms with Crippen molar-refractivity contribution in [1.29, 1.82) is 0 Å². The van der Waals surface area contributed by atoms with E-state index in [1.54, 1.807) is 32.0 Å². The summed E-state index contributed by atoms with van der Waals surface area (Å²) in [5, 5.41) is 21.1. The molecule has 0 aromatic heterocycles. The second-order valence-electron chi connectivity index (χ2n) is 4.83. The maximum absolute atomic E-state index is 11.3. The van der Waals surface area contributed by atoms with E-state index >= 15 is 0 Å². The van der Waals surface area contributed by atoms with Gasteiger partial charge in [-0.05, 0) is 19.1 Å². The van der Waals surface area contributed by atoms with Gasteiger partial charge in [-0.3, -0.25) is 4.79 Å². The molecule has 0 radical (unpaired) electrons. The summed E-state index contributed by atoms with van der Waals surface area (Å²) in [7, 11) is 0. The molecule has 0 aliphatic carbocycles. The van der Waals surface area contributed by atoms with Gasteiger partial charge in [-0.2, -0.15) is 0 Å². The van der Waals surface area contributed by atoms with Gasteiger partial charge in [0, 0.05) is 27.4 Å². The molecule has 106 valence electrons. The first-order valence-corrected chi connectivity index (χ1v) is 6.83. The van der Waals surface area contributed by atoms with Crippen LogP contribution < -0.4 is 0 Å². The first-order valence-electron chi connectivity index (χ1n) is 6.07. The third-order valence-electron chi connectivity index (χ3n) is 3.49. The molecule has 4 atom stereocenters. The Labute approximate surface area is 123 Å². The number of ketones is 1. The Hall–Kier alpha value is -0.610. The maximum Gasteiger partial charge on any atom is 0.135 e. The molecule has 0 fully saturated rings. The molecule has 0 bridgehead atoms. The zero-order chi connectivity index (χ0) is 14.7. The molecule has 0 unspecified atom stereocenters. The summed E-state index contributed by atoms with van der Waals surface area (Å²) in [5.41, 5.74) is 0.383. The van der Waals surface area contributed by atoms with E-state index in [-0.39, 0.29) is 5.78 Å². The van der Waals surface area contributed by atoms with Gasteiger partial charge < -0.3 is 10.2 Å². The minimum atomic E-state index is -1.03. The zero-order valence-electron chi connectivity index (χ0n) is 11.1. The molecular weight excluding hydrogens is 287 g/mol. The molecule has 0 aliphatic rings. The van der Waals surface area contributed by atoms with Crippen LogP contribution in [-0.2, 0) is 4.79 Å². The average Bonchev–Trinajstić information content (AvgIpc) is 2.35. The van der Waals surface area contributed by atoms with Crippen LogP contribution in [0.2, 0.25) is 10.0 Å². The van der Waals surface area contributed by atoms with Gasteiger partial charge in [0.15, 0.2) is 0 Å². The third kappa shape index (κ3) is 3.69. The van der Waals surface area contributed by atoms with Crippen LogP contribution in [0.4, 0.5) is 0 Å². The molecule has 1 rings (SSSR count). The number of aliphatic hydroxyl groups excluding tert-OH is 2. The van der Waals surface area contributed by atoms with Crippen LogP contribution in [0.3, 0.4) is 0 Å². The first-order chi connectivity index (χ1) is 8.77. The number of hydrogen-bond donors (Lipinski definition) is 2. The molecule has 0 saturated carbocycles. The number of Topliss-reactive ketones (excluding diaryl/α,β-unsaturated/α-hetero) is 1. The van der Waals surface area contributed by atoms with E-state index in [1.165, 1.54) is 6.92 Å². The van der Waals surface area contributed by atoms with Crippen molar-refractivity contribution in [2.75, 3.05) is 0 Å². The van der Waals surface area contributed by atoms with Crippen molar-refractivity contribution in [1.82, 2.24) is 0 Å². The Kier molecular flexibility index (Phi) is 5.81. The topological polar surface area (TPSA) is 57.5 Å². The summed E-state index contributed by atoms with van der Waals surface area (Å²) in [6.45, 7) is 4.70. The fourth-order valence-electron chi connectivity index (χ4n) is 1.94. The van der Waals surface area contributed by atoms with Crippen molar-refractivity contribution >= 4 is 29.0 Å². The Balaban J connectivity index is 3.00.